The van der Waals surface area contributed by atoms with Crippen molar-refractivity contribution >= 4 is 27.5 Å². The molecule has 0 aliphatic carbocycles. The van der Waals surface area contributed by atoms with Gasteiger partial charge >= 0.3 is 0 Å². The molecule has 0 saturated carbocycles. The number of piperidine rings is 1. The van der Waals surface area contributed by atoms with Crippen LogP contribution in [0.4, 0.5) is 0 Å². The Labute approximate surface area is 129 Å². The molecule has 0 amide bonds. The zero-order valence-corrected chi connectivity index (χ0v) is 13.5. The van der Waals surface area contributed by atoms with Crippen molar-refractivity contribution in [2.75, 3.05) is 32.1 Å². The van der Waals surface area contributed by atoms with Gasteiger partial charge in [0, 0.05) is 23.4 Å². The predicted octanol–water partition coefficient (Wildman–Crippen LogP) is 4.17. The summed E-state index contributed by atoms with van der Waals surface area (Å²) in [4.78, 5) is 2.50. The summed E-state index contributed by atoms with van der Waals surface area (Å²) in [6.07, 6.45) is 3.76. The molecular formula is C15H21BrClNO. The molecule has 1 aliphatic rings. The van der Waals surface area contributed by atoms with Gasteiger partial charge in [0.15, 0.2) is 0 Å². The van der Waals surface area contributed by atoms with Gasteiger partial charge in [0.25, 0.3) is 0 Å². The number of benzene rings is 1. The summed E-state index contributed by atoms with van der Waals surface area (Å²) in [5.74, 6) is 2.49. The standard InChI is InChI=1S/C15H21BrClNO/c16-14-4-1-5-15(11-14)19-10-9-18-8-2-3-13(12-18)6-7-17/h1,4-5,11,13H,2-3,6-10,12H2. The molecule has 2 rings (SSSR count). The lowest BCUT2D eigenvalue weighted by molar-refractivity contribution is 0.145. The first-order valence-electron chi connectivity index (χ1n) is 6.94. The number of halogens is 2. The number of nitrogens with zero attached hydrogens (tertiary/aromatic N) is 1. The van der Waals surface area contributed by atoms with Crippen LogP contribution in [-0.4, -0.2) is 37.0 Å². The van der Waals surface area contributed by atoms with Gasteiger partial charge in [-0.05, 0) is 49.9 Å². The molecule has 1 heterocycles. The molecular weight excluding hydrogens is 326 g/mol. The Hall–Kier alpha value is -0.250. The highest BCUT2D eigenvalue weighted by Crippen LogP contribution is 2.20. The average molecular weight is 347 g/mol. The van der Waals surface area contributed by atoms with Crippen LogP contribution < -0.4 is 4.74 Å². The lowest BCUT2D eigenvalue weighted by Crippen LogP contribution is -2.38. The smallest absolute Gasteiger partial charge is 0.120 e. The minimum Gasteiger partial charge on any atom is -0.492 e. The minimum atomic E-state index is 0.754. The minimum absolute atomic E-state index is 0.754. The highest BCUT2D eigenvalue weighted by atomic mass is 79.9. The van der Waals surface area contributed by atoms with Gasteiger partial charge in [-0.2, -0.15) is 0 Å². The fourth-order valence-corrected chi connectivity index (χ4v) is 3.28. The van der Waals surface area contributed by atoms with E-state index >= 15 is 0 Å². The topological polar surface area (TPSA) is 12.5 Å². The second kappa shape index (κ2) is 8.13. The maximum atomic E-state index is 5.83. The van der Waals surface area contributed by atoms with Gasteiger partial charge < -0.3 is 4.74 Å². The van der Waals surface area contributed by atoms with Crippen molar-refractivity contribution < 1.29 is 4.74 Å². The zero-order chi connectivity index (χ0) is 13.5. The maximum absolute atomic E-state index is 5.83. The van der Waals surface area contributed by atoms with E-state index in [0.29, 0.717) is 0 Å². The average Bonchev–Trinajstić information content (AvgIpc) is 2.40. The fourth-order valence-electron chi connectivity index (χ4n) is 2.59. The van der Waals surface area contributed by atoms with Crippen molar-refractivity contribution in [3.05, 3.63) is 28.7 Å². The van der Waals surface area contributed by atoms with Crippen LogP contribution in [0.1, 0.15) is 19.3 Å². The number of rotatable bonds is 6. The van der Waals surface area contributed by atoms with Crippen molar-refractivity contribution in [3.8, 4) is 5.75 Å². The van der Waals surface area contributed by atoms with Gasteiger partial charge in [-0.25, -0.2) is 0 Å². The van der Waals surface area contributed by atoms with E-state index in [0.717, 1.165) is 41.6 Å². The molecule has 0 N–H and O–H groups in total. The van der Waals surface area contributed by atoms with Gasteiger partial charge in [-0.1, -0.05) is 22.0 Å². The van der Waals surface area contributed by atoms with E-state index in [1.54, 1.807) is 0 Å². The Balaban J connectivity index is 1.70. The first-order chi connectivity index (χ1) is 9.28. The third-order valence-corrected chi connectivity index (χ3v) is 4.30. The van der Waals surface area contributed by atoms with Crippen LogP contribution in [0.15, 0.2) is 28.7 Å². The zero-order valence-electron chi connectivity index (χ0n) is 11.2. The van der Waals surface area contributed by atoms with Crippen molar-refractivity contribution in [2.24, 2.45) is 5.92 Å². The Kier molecular flexibility index (Phi) is 6.48. The molecule has 1 saturated heterocycles. The summed E-state index contributed by atoms with van der Waals surface area (Å²) in [6.45, 7) is 4.13. The summed E-state index contributed by atoms with van der Waals surface area (Å²) >= 11 is 9.29. The number of likely N-dealkylation sites (tertiary alicyclic amines) is 1. The van der Waals surface area contributed by atoms with Crippen LogP contribution in [0.25, 0.3) is 0 Å². The largest absolute Gasteiger partial charge is 0.492 e. The van der Waals surface area contributed by atoms with Gasteiger partial charge in [0.1, 0.15) is 12.4 Å². The van der Waals surface area contributed by atoms with Crippen LogP contribution in [0.5, 0.6) is 5.75 Å². The molecule has 0 bridgehead atoms. The maximum Gasteiger partial charge on any atom is 0.120 e. The highest BCUT2D eigenvalue weighted by molar-refractivity contribution is 9.10. The third-order valence-electron chi connectivity index (χ3n) is 3.59. The molecule has 1 unspecified atom stereocenters. The van der Waals surface area contributed by atoms with E-state index in [1.165, 1.54) is 25.9 Å². The second-order valence-electron chi connectivity index (χ2n) is 5.09. The molecule has 1 atom stereocenters. The first-order valence-corrected chi connectivity index (χ1v) is 8.27. The number of ether oxygens (including phenoxy) is 1. The summed E-state index contributed by atoms with van der Waals surface area (Å²) in [5.41, 5.74) is 0. The van der Waals surface area contributed by atoms with Gasteiger partial charge in [-0.3, -0.25) is 4.90 Å². The molecule has 4 heteroatoms. The molecule has 19 heavy (non-hydrogen) atoms. The summed E-state index contributed by atoms with van der Waals surface area (Å²) in [5, 5.41) is 0. The Morgan fingerprint density at radius 3 is 3.11 bits per heavy atom. The van der Waals surface area contributed by atoms with Crippen LogP contribution in [0.2, 0.25) is 0 Å². The van der Waals surface area contributed by atoms with E-state index < -0.39 is 0 Å². The van der Waals surface area contributed by atoms with Gasteiger partial charge in [0.05, 0.1) is 0 Å². The van der Waals surface area contributed by atoms with Crippen molar-refractivity contribution in [2.45, 2.75) is 19.3 Å². The SMILES string of the molecule is ClCCC1CCCN(CCOc2cccc(Br)c2)C1. The molecule has 2 nitrogen and oxygen atoms in total. The first kappa shape index (κ1) is 15.1. The monoisotopic (exact) mass is 345 g/mol. The van der Waals surface area contributed by atoms with Crippen LogP contribution >= 0.6 is 27.5 Å². The number of hydrogen-bond acceptors (Lipinski definition) is 2. The van der Waals surface area contributed by atoms with Crippen molar-refractivity contribution in [1.29, 1.82) is 0 Å². The molecule has 1 aromatic rings. The fraction of sp³-hybridized carbons (Fsp3) is 0.600. The Bertz CT molecular complexity index is 386. The van der Waals surface area contributed by atoms with Crippen molar-refractivity contribution in [3.63, 3.8) is 0 Å². The van der Waals surface area contributed by atoms with Crippen LogP contribution in [0.3, 0.4) is 0 Å². The van der Waals surface area contributed by atoms with Crippen LogP contribution in [0, 0.1) is 5.92 Å². The predicted molar refractivity (Wildman–Crippen MR) is 84.1 cm³/mol. The molecule has 0 aromatic heterocycles. The molecule has 1 fully saturated rings. The summed E-state index contributed by atoms with van der Waals surface area (Å²) < 4.78 is 6.85. The summed E-state index contributed by atoms with van der Waals surface area (Å²) in [6, 6.07) is 8.01. The van der Waals surface area contributed by atoms with Gasteiger partial charge in [-0.15, -0.1) is 11.6 Å². The molecule has 1 aliphatic heterocycles. The summed E-state index contributed by atoms with van der Waals surface area (Å²) in [7, 11) is 0. The second-order valence-corrected chi connectivity index (χ2v) is 6.39. The Morgan fingerprint density at radius 1 is 1.42 bits per heavy atom. The number of alkyl halides is 1. The molecule has 0 radical (unpaired) electrons. The van der Waals surface area contributed by atoms with E-state index in [-0.39, 0.29) is 0 Å². The van der Waals surface area contributed by atoms with E-state index in [1.807, 2.05) is 24.3 Å². The highest BCUT2D eigenvalue weighted by Gasteiger charge is 2.18. The molecule has 0 spiro atoms. The quantitative estimate of drug-likeness (QED) is 0.717. The van der Waals surface area contributed by atoms with E-state index in [2.05, 4.69) is 20.8 Å². The number of hydrogen-bond donors (Lipinski definition) is 0. The lowest BCUT2D eigenvalue weighted by atomic mass is 9.96. The van der Waals surface area contributed by atoms with Crippen molar-refractivity contribution in [1.82, 2.24) is 4.90 Å². The van der Waals surface area contributed by atoms with Gasteiger partial charge in [0.2, 0.25) is 0 Å². The van der Waals surface area contributed by atoms with E-state index in [4.69, 9.17) is 16.3 Å². The molecule has 106 valence electrons. The normalized spacial score (nSPS) is 20.4. The lowest BCUT2D eigenvalue weighted by Gasteiger charge is -2.32. The third kappa shape index (κ3) is 5.33. The van der Waals surface area contributed by atoms with E-state index in [9.17, 15) is 0 Å². The van der Waals surface area contributed by atoms with Crippen LogP contribution in [-0.2, 0) is 0 Å². The Morgan fingerprint density at radius 2 is 2.32 bits per heavy atom. The molecule has 1 aromatic carbocycles.